The molecule has 0 unspecified atom stereocenters. The smallest absolute Gasteiger partial charge is 0.345 e. The highest BCUT2D eigenvalue weighted by Gasteiger charge is 2.18. The molecule has 0 aliphatic carbocycles. The predicted molar refractivity (Wildman–Crippen MR) is 122 cm³/mol. The maximum Gasteiger partial charge on any atom is 0.345 e. The van der Waals surface area contributed by atoms with E-state index in [0.717, 1.165) is 11.1 Å². The summed E-state index contributed by atoms with van der Waals surface area (Å²) in [7, 11) is 0. The van der Waals surface area contributed by atoms with Crippen LogP contribution in [0, 0.1) is 11.3 Å². The van der Waals surface area contributed by atoms with Crippen LogP contribution in [0.15, 0.2) is 81.6 Å². The van der Waals surface area contributed by atoms with E-state index in [4.69, 9.17) is 4.42 Å². The maximum atomic E-state index is 12.8. The van der Waals surface area contributed by atoms with E-state index in [2.05, 4.69) is 10.4 Å². The van der Waals surface area contributed by atoms with Gasteiger partial charge in [0, 0.05) is 23.2 Å². The van der Waals surface area contributed by atoms with Crippen LogP contribution in [0.4, 0.5) is 0 Å². The summed E-state index contributed by atoms with van der Waals surface area (Å²) in [6.45, 7) is 3.62. The number of amides is 1. The molecule has 0 aliphatic heterocycles. The van der Waals surface area contributed by atoms with Gasteiger partial charge in [-0.1, -0.05) is 36.4 Å². The van der Waals surface area contributed by atoms with Crippen LogP contribution in [0.3, 0.4) is 0 Å². The highest BCUT2D eigenvalue weighted by molar-refractivity contribution is 6.02. The first kappa shape index (κ1) is 20.8. The molecule has 0 radical (unpaired) electrons. The standard InChI is InChI=1S/C25H20N4O3/c1-16(2)27-24(30)18(14-26)12-19-15-29(20-9-4-3-5-10-20)28-23(19)21-13-17-8-6-7-11-22(17)32-25(21)31/h3-13,15-16H,1-2H3,(H,27,30)/b18-12-. The number of rotatable bonds is 5. The van der Waals surface area contributed by atoms with Gasteiger partial charge in [-0.25, -0.2) is 9.48 Å². The van der Waals surface area contributed by atoms with Crippen LogP contribution < -0.4 is 10.9 Å². The molecule has 4 rings (SSSR count). The Morgan fingerprint density at radius 1 is 1.16 bits per heavy atom. The Balaban J connectivity index is 1.92. The summed E-state index contributed by atoms with van der Waals surface area (Å²) in [5, 5.41) is 17.6. The lowest BCUT2D eigenvalue weighted by atomic mass is 10.1. The van der Waals surface area contributed by atoms with Gasteiger partial charge in [-0.2, -0.15) is 10.4 Å². The molecule has 1 N–H and O–H groups in total. The molecule has 0 spiro atoms. The van der Waals surface area contributed by atoms with Crippen molar-refractivity contribution in [3.05, 3.63) is 88.4 Å². The molecule has 0 atom stereocenters. The molecule has 0 aliphatic rings. The third-order valence-corrected chi connectivity index (χ3v) is 4.74. The highest BCUT2D eigenvalue weighted by Crippen LogP contribution is 2.26. The van der Waals surface area contributed by atoms with Gasteiger partial charge in [0.25, 0.3) is 5.91 Å². The van der Waals surface area contributed by atoms with E-state index in [1.165, 1.54) is 6.08 Å². The van der Waals surface area contributed by atoms with Crippen LogP contribution in [0.25, 0.3) is 34.0 Å². The van der Waals surface area contributed by atoms with E-state index < -0.39 is 11.5 Å². The van der Waals surface area contributed by atoms with Crippen LogP contribution in [0.1, 0.15) is 19.4 Å². The van der Waals surface area contributed by atoms with Gasteiger partial charge < -0.3 is 9.73 Å². The van der Waals surface area contributed by atoms with Gasteiger partial charge in [0.05, 0.1) is 11.3 Å². The molecule has 2 aromatic heterocycles. The van der Waals surface area contributed by atoms with E-state index in [1.807, 2.05) is 62.4 Å². The number of carbonyl (C=O) groups is 1. The van der Waals surface area contributed by atoms with Gasteiger partial charge in [-0.15, -0.1) is 0 Å². The van der Waals surface area contributed by atoms with Crippen molar-refractivity contribution in [1.82, 2.24) is 15.1 Å². The number of benzene rings is 2. The number of fused-ring (bicyclic) bond motifs is 1. The van der Waals surface area contributed by atoms with E-state index in [9.17, 15) is 14.9 Å². The number of aromatic nitrogens is 2. The fourth-order valence-electron chi connectivity index (χ4n) is 3.29. The number of nitrogens with zero attached hydrogens (tertiary/aromatic N) is 3. The average molecular weight is 424 g/mol. The second-order valence-electron chi connectivity index (χ2n) is 7.50. The summed E-state index contributed by atoms with van der Waals surface area (Å²) in [5.41, 5.74) is 1.61. The minimum absolute atomic E-state index is 0.0854. The van der Waals surface area contributed by atoms with Crippen LogP contribution in [0.5, 0.6) is 0 Å². The van der Waals surface area contributed by atoms with Gasteiger partial charge in [0.1, 0.15) is 22.9 Å². The molecule has 0 fully saturated rings. The molecule has 32 heavy (non-hydrogen) atoms. The lowest BCUT2D eigenvalue weighted by Gasteiger charge is -2.07. The van der Waals surface area contributed by atoms with Crippen molar-refractivity contribution in [3.63, 3.8) is 0 Å². The molecule has 7 nitrogen and oxygen atoms in total. The largest absolute Gasteiger partial charge is 0.422 e. The molecule has 1 amide bonds. The van der Waals surface area contributed by atoms with Crippen molar-refractivity contribution in [2.75, 3.05) is 0 Å². The molecular weight excluding hydrogens is 404 g/mol. The van der Waals surface area contributed by atoms with E-state index in [0.29, 0.717) is 16.8 Å². The summed E-state index contributed by atoms with van der Waals surface area (Å²) >= 11 is 0. The quantitative estimate of drug-likeness (QED) is 0.296. The summed E-state index contributed by atoms with van der Waals surface area (Å²) in [5.74, 6) is -0.494. The molecule has 0 saturated carbocycles. The molecular formula is C25H20N4O3. The molecule has 2 heterocycles. The summed E-state index contributed by atoms with van der Waals surface area (Å²) in [6.07, 6.45) is 3.12. The van der Waals surface area contributed by atoms with Crippen LogP contribution in [0.2, 0.25) is 0 Å². The predicted octanol–water partition coefficient (Wildman–Crippen LogP) is 4.08. The van der Waals surface area contributed by atoms with Crippen LogP contribution >= 0.6 is 0 Å². The van der Waals surface area contributed by atoms with E-state index in [1.54, 1.807) is 29.1 Å². The van der Waals surface area contributed by atoms with Gasteiger partial charge in [-0.05, 0) is 44.2 Å². The van der Waals surface area contributed by atoms with Crippen molar-refractivity contribution < 1.29 is 9.21 Å². The highest BCUT2D eigenvalue weighted by atomic mass is 16.4. The molecule has 0 saturated heterocycles. The first-order valence-corrected chi connectivity index (χ1v) is 10.1. The molecule has 4 aromatic rings. The number of hydrogen-bond donors (Lipinski definition) is 1. The monoisotopic (exact) mass is 424 g/mol. The number of nitrogens with one attached hydrogen (secondary N) is 1. The minimum Gasteiger partial charge on any atom is -0.422 e. The fourth-order valence-corrected chi connectivity index (χ4v) is 3.29. The Kier molecular flexibility index (Phi) is 5.69. The maximum absolute atomic E-state index is 12.8. The second kappa shape index (κ2) is 8.74. The minimum atomic E-state index is -0.554. The number of carbonyl (C=O) groups excluding carboxylic acids is 1. The number of para-hydroxylation sites is 2. The topological polar surface area (TPSA) is 101 Å². The van der Waals surface area contributed by atoms with Crippen molar-refractivity contribution >= 4 is 23.0 Å². The Bertz CT molecular complexity index is 1420. The zero-order valence-electron chi connectivity index (χ0n) is 17.6. The third kappa shape index (κ3) is 4.20. The first-order chi connectivity index (χ1) is 15.5. The Labute approximate surface area is 184 Å². The molecule has 158 valence electrons. The van der Waals surface area contributed by atoms with Crippen LogP contribution in [-0.4, -0.2) is 21.7 Å². The number of nitriles is 1. The van der Waals surface area contributed by atoms with Crippen molar-refractivity contribution in [2.24, 2.45) is 0 Å². The van der Waals surface area contributed by atoms with Crippen LogP contribution in [-0.2, 0) is 4.79 Å². The molecule has 0 bridgehead atoms. The summed E-state index contributed by atoms with van der Waals surface area (Å²) in [6, 6.07) is 20.1. The zero-order chi connectivity index (χ0) is 22.7. The van der Waals surface area contributed by atoms with Gasteiger partial charge in [0.2, 0.25) is 0 Å². The normalized spacial score (nSPS) is 11.5. The second-order valence-corrected chi connectivity index (χ2v) is 7.50. The Morgan fingerprint density at radius 2 is 1.88 bits per heavy atom. The van der Waals surface area contributed by atoms with Gasteiger partial charge in [0.15, 0.2) is 0 Å². The Hall–Kier alpha value is -4.44. The average Bonchev–Trinajstić information content (AvgIpc) is 3.20. The SMILES string of the molecule is CC(C)NC(=O)/C(C#N)=C\c1cn(-c2ccccc2)nc1-c1cc2ccccc2oc1=O. The van der Waals surface area contributed by atoms with Crippen molar-refractivity contribution in [1.29, 1.82) is 5.26 Å². The summed E-state index contributed by atoms with van der Waals surface area (Å²) in [4.78, 5) is 25.2. The third-order valence-electron chi connectivity index (χ3n) is 4.74. The first-order valence-electron chi connectivity index (χ1n) is 10.1. The lowest BCUT2D eigenvalue weighted by Crippen LogP contribution is -2.30. The van der Waals surface area contributed by atoms with Crippen molar-refractivity contribution in [3.8, 4) is 23.0 Å². The lowest BCUT2D eigenvalue weighted by molar-refractivity contribution is -0.117. The van der Waals surface area contributed by atoms with Gasteiger partial charge >= 0.3 is 5.63 Å². The molecule has 7 heteroatoms. The van der Waals surface area contributed by atoms with E-state index in [-0.39, 0.29) is 17.2 Å². The fraction of sp³-hybridized carbons (Fsp3) is 0.120. The van der Waals surface area contributed by atoms with Crippen molar-refractivity contribution in [2.45, 2.75) is 19.9 Å². The summed E-state index contributed by atoms with van der Waals surface area (Å²) < 4.78 is 7.08. The Morgan fingerprint density at radius 3 is 2.59 bits per heavy atom. The zero-order valence-corrected chi connectivity index (χ0v) is 17.6. The van der Waals surface area contributed by atoms with E-state index >= 15 is 0 Å². The van der Waals surface area contributed by atoms with Gasteiger partial charge in [-0.3, -0.25) is 4.79 Å². The molecule has 2 aromatic carbocycles. The number of hydrogen-bond acceptors (Lipinski definition) is 5.